The number of aliphatic hydroxyl groups is 1. The van der Waals surface area contributed by atoms with Crippen molar-refractivity contribution in [2.75, 3.05) is 13.2 Å². The van der Waals surface area contributed by atoms with Crippen LogP contribution < -0.4 is 11.1 Å². The third-order valence-corrected chi connectivity index (χ3v) is 3.72. The van der Waals surface area contributed by atoms with Crippen LogP contribution in [0.3, 0.4) is 0 Å². The zero-order valence-corrected chi connectivity index (χ0v) is 12.0. The fourth-order valence-electron chi connectivity index (χ4n) is 2.66. The molecule has 0 aromatic heterocycles. The van der Waals surface area contributed by atoms with Crippen LogP contribution in [-0.4, -0.2) is 24.3 Å². The van der Waals surface area contributed by atoms with Gasteiger partial charge < -0.3 is 16.2 Å². The number of nitrogens with two attached hydrogens (primary N) is 1. The Hall–Kier alpha value is -1.42. The van der Waals surface area contributed by atoms with Crippen molar-refractivity contribution in [2.45, 2.75) is 31.8 Å². The molecule has 0 bridgehead atoms. The second-order valence-corrected chi connectivity index (χ2v) is 5.29. The van der Waals surface area contributed by atoms with E-state index in [4.69, 9.17) is 10.8 Å². The summed E-state index contributed by atoms with van der Waals surface area (Å²) in [5.41, 5.74) is 7.21. The second kappa shape index (κ2) is 7.39. The smallest absolute Gasteiger partial charge is 0.0452 e. The van der Waals surface area contributed by atoms with E-state index in [0.717, 1.165) is 12.8 Å². The van der Waals surface area contributed by atoms with Crippen molar-refractivity contribution in [3.63, 3.8) is 0 Å². The summed E-state index contributed by atoms with van der Waals surface area (Å²) in [6, 6.07) is 15.2. The summed E-state index contributed by atoms with van der Waals surface area (Å²) in [4.78, 5) is 0. The Morgan fingerprint density at radius 3 is 2.65 bits per heavy atom. The SMILES string of the molecule is CC(CCCO)NC(CN)c1cccc2ccccc12. The van der Waals surface area contributed by atoms with Crippen LogP contribution in [0.2, 0.25) is 0 Å². The molecule has 3 nitrogen and oxygen atoms in total. The number of fused-ring (bicyclic) bond motifs is 1. The van der Waals surface area contributed by atoms with Crippen LogP contribution in [0.25, 0.3) is 10.8 Å². The minimum atomic E-state index is 0.148. The number of nitrogens with one attached hydrogen (secondary N) is 1. The predicted octanol–water partition coefficient (Wildman–Crippen LogP) is 2.59. The van der Waals surface area contributed by atoms with Gasteiger partial charge in [-0.15, -0.1) is 0 Å². The van der Waals surface area contributed by atoms with Gasteiger partial charge in [-0.25, -0.2) is 0 Å². The number of hydrogen-bond donors (Lipinski definition) is 3. The van der Waals surface area contributed by atoms with E-state index < -0.39 is 0 Å². The Morgan fingerprint density at radius 2 is 1.90 bits per heavy atom. The third-order valence-electron chi connectivity index (χ3n) is 3.72. The molecule has 108 valence electrons. The topological polar surface area (TPSA) is 58.3 Å². The highest BCUT2D eigenvalue weighted by Crippen LogP contribution is 2.24. The van der Waals surface area contributed by atoms with E-state index in [1.165, 1.54) is 16.3 Å². The van der Waals surface area contributed by atoms with Crippen LogP contribution in [0.5, 0.6) is 0 Å². The molecule has 0 radical (unpaired) electrons. The maximum absolute atomic E-state index is 8.91. The maximum Gasteiger partial charge on any atom is 0.0452 e. The van der Waals surface area contributed by atoms with Crippen molar-refractivity contribution in [3.8, 4) is 0 Å². The molecule has 0 amide bonds. The molecule has 4 N–H and O–H groups in total. The molecule has 3 heteroatoms. The first-order chi connectivity index (χ1) is 9.76. The van der Waals surface area contributed by atoms with Gasteiger partial charge in [-0.1, -0.05) is 42.5 Å². The van der Waals surface area contributed by atoms with Gasteiger partial charge in [-0.3, -0.25) is 0 Å². The minimum absolute atomic E-state index is 0.148. The molecule has 0 saturated heterocycles. The number of hydrogen-bond acceptors (Lipinski definition) is 3. The van der Waals surface area contributed by atoms with Crippen LogP contribution in [0, 0.1) is 0 Å². The van der Waals surface area contributed by atoms with Crippen LogP contribution in [0.4, 0.5) is 0 Å². The zero-order valence-electron chi connectivity index (χ0n) is 12.0. The van der Waals surface area contributed by atoms with Gasteiger partial charge in [0.2, 0.25) is 0 Å². The Balaban J connectivity index is 2.21. The van der Waals surface area contributed by atoms with Gasteiger partial charge in [0.1, 0.15) is 0 Å². The molecule has 2 aromatic rings. The normalized spacial score (nSPS) is 14.3. The van der Waals surface area contributed by atoms with Crippen molar-refractivity contribution in [3.05, 3.63) is 48.0 Å². The fraction of sp³-hybridized carbons (Fsp3) is 0.412. The quantitative estimate of drug-likeness (QED) is 0.726. The van der Waals surface area contributed by atoms with E-state index in [2.05, 4.69) is 54.7 Å². The molecule has 0 saturated carbocycles. The molecule has 0 aliphatic rings. The Kier molecular flexibility index (Phi) is 5.53. The largest absolute Gasteiger partial charge is 0.396 e. The van der Waals surface area contributed by atoms with E-state index in [9.17, 15) is 0 Å². The average molecular weight is 272 g/mol. The lowest BCUT2D eigenvalue weighted by Crippen LogP contribution is -2.35. The summed E-state index contributed by atoms with van der Waals surface area (Å²) in [5, 5.41) is 15.0. The fourth-order valence-corrected chi connectivity index (χ4v) is 2.66. The lowest BCUT2D eigenvalue weighted by atomic mass is 9.98. The van der Waals surface area contributed by atoms with Gasteiger partial charge in [0.05, 0.1) is 0 Å². The minimum Gasteiger partial charge on any atom is -0.396 e. The van der Waals surface area contributed by atoms with Crippen LogP contribution in [0.15, 0.2) is 42.5 Å². The molecule has 2 rings (SSSR count). The molecule has 2 atom stereocenters. The summed E-state index contributed by atoms with van der Waals surface area (Å²) in [5.74, 6) is 0. The van der Waals surface area contributed by atoms with Gasteiger partial charge in [0.25, 0.3) is 0 Å². The highest BCUT2D eigenvalue weighted by molar-refractivity contribution is 5.86. The molecular weight excluding hydrogens is 248 g/mol. The van der Waals surface area contributed by atoms with Crippen molar-refractivity contribution in [2.24, 2.45) is 5.73 Å². The first-order valence-corrected chi connectivity index (χ1v) is 7.31. The van der Waals surface area contributed by atoms with E-state index in [1.54, 1.807) is 0 Å². The van der Waals surface area contributed by atoms with E-state index in [-0.39, 0.29) is 12.6 Å². The highest BCUT2D eigenvalue weighted by Gasteiger charge is 2.14. The van der Waals surface area contributed by atoms with Crippen molar-refractivity contribution in [1.82, 2.24) is 5.32 Å². The first-order valence-electron chi connectivity index (χ1n) is 7.31. The van der Waals surface area contributed by atoms with Crippen LogP contribution >= 0.6 is 0 Å². The third kappa shape index (κ3) is 3.57. The molecule has 0 spiro atoms. The van der Waals surface area contributed by atoms with Gasteiger partial charge >= 0.3 is 0 Å². The summed E-state index contributed by atoms with van der Waals surface area (Å²) in [7, 11) is 0. The highest BCUT2D eigenvalue weighted by atomic mass is 16.2. The van der Waals surface area contributed by atoms with Gasteiger partial charge in [-0.05, 0) is 36.1 Å². The molecular formula is C17H24N2O. The second-order valence-electron chi connectivity index (χ2n) is 5.29. The summed E-state index contributed by atoms with van der Waals surface area (Å²) in [6.45, 7) is 2.95. The summed E-state index contributed by atoms with van der Waals surface area (Å²) < 4.78 is 0. The Morgan fingerprint density at radius 1 is 1.15 bits per heavy atom. The molecule has 0 heterocycles. The lowest BCUT2D eigenvalue weighted by Gasteiger charge is -2.23. The Bertz CT molecular complexity index is 536. The summed E-state index contributed by atoms with van der Waals surface area (Å²) >= 11 is 0. The zero-order chi connectivity index (χ0) is 14.4. The van der Waals surface area contributed by atoms with E-state index >= 15 is 0 Å². The van der Waals surface area contributed by atoms with Crippen molar-refractivity contribution < 1.29 is 5.11 Å². The maximum atomic E-state index is 8.91. The van der Waals surface area contributed by atoms with Crippen LogP contribution in [0.1, 0.15) is 31.4 Å². The van der Waals surface area contributed by atoms with Gasteiger partial charge in [-0.2, -0.15) is 0 Å². The molecule has 0 aliphatic carbocycles. The van der Waals surface area contributed by atoms with E-state index in [1.807, 2.05) is 0 Å². The van der Waals surface area contributed by atoms with Gasteiger partial charge in [0, 0.05) is 25.2 Å². The first kappa shape index (κ1) is 15.0. The molecule has 2 unspecified atom stereocenters. The number of aliphatic hydroxyl groups excluding tert-OH is 1. The predicted molar refractivity (Wildman–Crippen MR) is 84.7 cm³/mol. The standard InChI is InChI=1S/C17H24N2O/c1-13(6-5-11-20)19-17(12-18)16-10-4-8-14-7-2-3-9-15(14)16/h2-4,7-10,13,17,19-20H,5-6,11-12,18H2,1H3. The van der Waals surface area contributed by atoms with Gasteiger partial charge in [0.15, 0.2) is 0 Å². The molecule has 0 aliphatic heterocycles. The van der Waals surface area contributed by atoms with E-state index in [0.29, 0.717) is 12.6 Å². The van der Waals surface area contributed by atoms with Crippen LogP contribution in [-0.2, 0) is 0 Å². The Labute approximate surface area is 120 Å². The average Bonchev–Trinajstić information content (AvgIpc) is 2.50. The number of benzene rings is 2. The molecule has 2 aromatic carbocycles. The molecule has 0 fully saturated rings. The lowest BCUT2D eigenvalue weighted by molar-refractivity contribution is 0.274. The number of rotatable bonds is 7. The van der Waals surface area contributed by atoms with Crippen molar-refractivity contribution >= 4 is 10.8 Å². The monoisotopic (exact) mass is 272 g/mol. The van der Waals surface area contributed by atoms with Crippen molar-refractivity contribution in [1.29, 1.82) is 0 Å². The summed E-state index contributed by atoms with van der Waals surface area (Å²) in [6.07, 6.45) is 1.78. The molecule has 20 heavy (non-hydrogen) atoms.